The SMILES string of the molecule is CC(C)CCN1C(=O)c2ccccc2C1Nc1ccc(C(=O)NCc2ccc3c(c2)OCO3)cc1. The summed E-state index contributed by atoms with van der Waals surface area (Å²) in [6, 6.07) is 20.7. The van der Waals surface area contributed by atoms with Gasteiger partial charge < -0.3 is 25.0 Å². The molecule has 0 radical (unpaired) electrons. The van der Waals surface area contributed by atoms with Gasteiger partial charge in [-0.15, -0.1) is 0 Å². The molecule has 0 fully saturated rings. The number of carbonyl (C=O) groups excluding carboxylic acids is 2. The summed E-state index contributed by atoms with van der Waals surface area (Å²) in [6.45, 7) is 5.62. The summed E-state index contributed by atoms with van der Waals surface area (Å²) in [5.41, 5.74) is 4.07. The van der Waals surface area contributed by atoms with Crippen LogP contribution in [0.4, 0.5) is 5.69 Å². The van der Waals surface area contributed by atoms with E-state index in [4.69, 9.17) is 9.47 Å². The molecule has 180 valence electrons. The van der Waals surface area contributed by atoms with Crippen molar-refractivity contribution in [3.05, 3.63) is 89.0 Å². The smallest absolute Gasteiger partial charge is 0.256 e. The average molecular weight is 472 g/mol. The van der Waals surface area contributed by atoms with E-state index in [1.807, 2.05) is 59.5 Å². The molecule has 1 unspecified atom stereocenters. The lowest BCUT2D eigenvalue weighted by atomic mass is 10.1. The van der Waals surface area contributed by atoms with Crippen LogP contribution in [0.2, 0.25) is 0 Å². The fraction of sp³-hybridized carbons (Fsp3) is 0.286. The van der Waals surface area contributed by atoms with E-state index < -0.39 is 0 Å². The molecule has 7 heteroatoms. The molecule has 2 N–H and O–H groups in total. The average Bonchev–Trinajstić information content (AvgIpc) is 3.44. The minimum Gasteiger partial charge on any atom is -0.454 e. The third-order valence-electron chi connectivity index (χ3n) is 6.35. The van der Waals surface area contributed by atoms with E-state index in [9.17, 15) is 9.59 Å². The second-order valence-electron chi connectivity index (χ2n) is 9.26. The summed E-state index contributed by atoms with van der Waals surface area (Å²) in [7, 11) is 0. The zero-order valence-electron chi connectivity index (χ0n) is 19.9. The highest BCUT2D eigenvalue weighted by Gasteiger charge is 2.36. The Kier molecular flexibility index (Phi) is 6.31. The molecular weight excluding hydrogens is 442 g/mol. The monoisotopic (exact) mass is 471 g/mol. The Balaban J connectivity index is 1.24. The maximum atomic E-state index is 13.0. The molecule has 35 heavy (non-hydrogen) atoms. The third-order valence-corrected chi connectivity index (χ3v) is 6.35. The summed E-state index contributed by atoms with van der Waals surface area (Å²) in [6.07, 6.45) is 0.698. The number of nitrogens with zero attached hydrogens (tertiary/aromatic N) is 1. The number of benzene rings is 3. The van der Waals surface area contributed by atoms with Crippen LogP contribution in [0.5, 0.6) is 11.5 Å². The fourth-order valence-corrected chi connectivity index (χ4v) is 4.36. The number of nitrogens with one attached hydrogen (secondary N) is 2. The highest BCUT2D eigenvalue weighted by Crippen LogP contribution is 2.35. The second-order valence-corrected chi connectivity index (χ2v) is 9.26. The molecule has 2 aliphatic rings. The lowest BCUT2D eigenvalue weighted by Gasteiger charge is -2.28. The highest BCUT2D eigenvalue weighted by atomic mass is 16.7. The van der Waals surface area contributed by atoms with Gasteiger partial charge >= 0.3 is 0 Å². The Labute approximate surface area is 205 Å². The highest BCUT2D eigenvalue weighted by molar-refractivity contribution is 5.99. The lowest BCUT2D eigenvalue weighted by Crippen LogP contribution is -2.33. The molecule has 0 aliphatic carbocycles. The predicted octanol–water partition coefficient (Wildman–Crippen LogP) is 4.96. The van der Waals surface area contributed by atoms with Gasteiger partial charge in [0.05, 0.1) is 0 Å². The summed E-state index contributed by atoms with van der Waals surface area (Å²) in [5.74, 6) is 1.81. The number of hydrogen-bond donors (Lipinski definition) is 2. The van der Waals surface area contributed by atoms with Gasteiger partial charge in [0.15, 0.2) is 11.5 Å². The Morgan fingerprint density at radius 1 is 1.03 bits per heavy atom. The van der Waals surface area contributed by atoms with Gasteiger partial charge in [0.2, 0.25) is 6.79 Å². The van der Waals surface area contributed by atoms with E-state index in [1.54, 1.807) is 12.1 Å². The van der Waals surface area contributed by atoms with Crippen molar-refractivity contribution >= 4 is 17.5 Å². The number of hydrogen-bond acceptors (Lipinski definition) is 5. The molecule has 3 aromatic rings. The first kappa shape index (κ1) is 22.8. The number of amides is 2. The number of ether oxygens (including phenoxy) is 2. The third kappa shape index (κ3) is 4.80. The van der Waals surface area contributed by atoms with Crippen molar-refractivity contribution in [1.82, 2.24) is 10.2 Å². The quantitative estimate of drug-likeness (QED) is 0.486. The normalized spacial score (nSPS) is 15.9. The van der Waals surface area contributed by atoms with Crippen LogP contribution in [0.3, 0.4) is 0 Å². The molecular formula is C28H29N3O4. The summed E-state index contributed by atoms with van der Waals surface area (Å²) in [5, 5.41) is 6.44. The molecule has 0 saturated heterocycles. The standard InChI is InChI=1S/C28H29N3O4/c1-18(2)13-14-31-26(22-5-3-4-6-23(22)28(31)33)30-21-10-8-20(9-11-21)27(32)29-16-19-7-12-24-25(15-19)35-17-34-24/h3-12,15,18,26,30H,13-14,16-17H2,1-2H3,(H,29,32). The topological polar surface area (TPSA) is 79.9 Å². The van der Waals surface area contributed by atoms with Crippen LogP contribution < -0.4 is 20.1 Å². The molecule has 0 bridgehead atoms. The van der Waals surface area contributed by atoms with Gasteiger partial charge in [-0.1, -0.05) is 38.1 Å². The van der Waals surface area contributed by atoms with Gasteiger partial charge in [0.25, 0.3) is 11.8 Å². The van der Waals surface area contributed by atoms with Gasteiger partial charge in [0.1, 0.15) is 6.17 Å². The van der Waals surface area contributed by atoms with Crippen LogP contribution >= 0.6 is 0 Å². The molecule has 2 amide bonds. The van der Waals surface area contributed by atoms with Crippen molar-refractivity contribution < 1.29 is 19.1 Å². The molecule has 0 saturated carbocycles. The minimum atomic E-state index is -0.233. The lowest BCUT2D eigenvalue weighted by molar-refractivity contribution is 0.0734. The molecule has 1 atom stereocenters. The fourth-order valence-electron chi connectivity index (χ4n) is 4.36. The molecule has 0 spiro atoms. The zero-order chi connectivity index (χ0) is 24.4. The van der Waals surface area contributed by atoms with Gasteiger partial charge in [0, 0.05) is 35.5 Å². The van der Waals surface area contributed by atoms with Crippen molar-refractivity contribution in [3.63, 3.8) is 0 Å². The largest absolute Gasteiger partial charge is 0.454 e. The Morgan fingerprint density at radius 2 is 1.80 bits per heavy atom. The number of carbonyl (C=O) groups is 2. The molecule has 3 aromatic carbocycles. The van der Waals surface area contributed by atoms with Crippen LogP contribution in [0.25, 0.3) is 0 Å². The van der Waals surface area contributed by atoms with E-state index in [-0.39, 0.29) is 24.8 Å². The first-order chi connectivity index (χ1) is 17.0. The first-order valence-corrected chi connectivity index (χ1v) is 11.9. The maximum absolute atomic E-state index is 13.0. The van der Waals surface area contributed by atoms with E-state index in [2.05, 4.69) is 24.5 Å². The van der Waals surface area contributed by atoms with Crippen LogP contribution in [0.1, 0.15) is 58.3 Å². The summed E-state index contributed by atoms with van der Waals surface area (Å²) in [4.78, 5) is 27.6. The molecule has 5 rings (SSSR count). The van der Waals surface area contributed by atoms with Gasteiger partial charge in [-0.25, -0.2) is 0 Å². The first-order valence-electron chi connectivity index (χ1n) is 11.9. The van der Waals surface area contributed by atoms with Crippen molar-refractivity contribution in [2.45, 2.75) is 33.0 Å². The zero-order valence-corrected chi connectivity index (χ0v) is 19.9. The van der Waals surface area contributed by atoms with Crippen molar-refractivity contribution in [1.29, 1.82) is 0 Å². The maximum Gasteiger partial charge on any atom is 0.256 e. The van der Waals surface area contributed by atoms with E-state index >= 15 is 0 Å². The van der Waals surface area contributed by atoms with Gasteiger partial charge in [-0.2, -0.15) is 0 Å². The minimum absolute atomic E-state index is 0.0539. The van der Waals surface area contributed by atoms with E-state index in [0.29, 0.717) is 30.3 Å². The molecule has 0 aromatic heterocycles. The van der Waals surface area contributed by atoms with Crippen molar-refractivity contribution in [3.8, 4) is 11.5 Å². The Bertz CT molecular complexity index is 1240. The van der Waals surface area contributed by atoms with E-state index in [0.717, 1.165) is 34.5 Å². The second kappa shape index (κ2) is 9.70. The van der Waals surface area contributed by atoms with E-state index in [1.165, 1.54) is 0 Å². The molecule has 2 heterocycles. The number of fused-ring (bicyclic) bond motifs is 2. The predicted molar refractivity (Wildman–Crippen MR) is 133 cm³/mol. The Morgan fingerprint density at radius 3 is 2.60 bits per heavy atom. The molecule has 7 nitrogen and oxygen atoms in total. The summed E-state index contributed by atoms with van der Waals surface area (Å²) < 4.78 is 10.7. The molecule has 2 aliphatic heterocycles. The number of rotatable bonds is 8. The van der Waals surface area contributed by atoms with Crippen LogP contribution in [0, 0.1) is 5.92 Å². The van der Waals surface area contributed by atoms with Crippen LogP contribution in [-0.2, 0) is 6.54 Å². The van der Waals surface area contributed by atoms with Crippen molar-refractivity contribution in [2.24, 2.45) is 5.92 Å². The van der Waals surface area contributed by atoms with Crippen LogP contribution in [0.15, 0.2) is 66.7 Å². The number of anilines is 1. The van der Waals surface area contributed by atoms with Gasteiger partial charge in [-0.05, 0) is 60.4 Å². The van der Waals surface area contributed by atoms with Crippen LogP contribution in [-0.4, -0.2) is 30.1 Å². The van der Waals surface area contributed by atoms with Gasteiger partial charge in [-0.3, -0.25) is 9.59 Å². The Hall–Kier alpha value is -4.00. The summed E-state index contributed by atoms with van der Waals surface area (Å²) >= 11 is 0. The van der Waals surface area contributed by atoms with Crippen molar-refractivity contribution in [2.75, 3.05) is 18.7 Å².